The second kappa shape index (κ2) is 13.0. The number of nitrogens with one attached hydrogen (secondary N) is 1. The average Bonchev–Trinajstić information content (AvgIpc) is 3.34. The van der Waals surface area contributed by atoms with Crippen molar-refractivity contribution in [2.75, 3.05) is 34.4 Å². The van der Waals surface area contributed by atoms with E-state index in [0.717, 1.165) is 53.8 Å². The highest BCUT2D eigenvalue weighted by Crippen LogP contribution is 2.28. The summed E-state index contributed by atoms with van der Waals surface area (Å²) in [5, 5.41) is 5.64. The van der Waals surface area contributed by atoms with Crippen molar-refractivity contribution in [2.45, 2.75) is 32.9 Å². The van der Waals surface area contributed by atoms with Gasteiger partial charge in [-0.1, -0.05) is 25.1 Å². The Kier molecular flexibility index (Phi) is 9.73. The molecule has 0 bridgehead atoms. The molecule has 182 valence electrons. The van der Waals surface area contributed by atoms with Gasteiger partial charge < -0.3 is 19.5 Å². The van der Waals surface area contributed by atoms with Crippen LogP contribution in [0.3, 0.4) is 0 Å². The zero-order chi connectivity index (χ0) is 24.3. The minimum atomic E-state index is -0.114. The first-order valence-corrected chi connectivity index (χ1v) is 12.2. The van der Waals surface area contributed by atoms with Crippen LogP contribution in [-0.4, -0.2) is 50.2 Å². The molecule has 3 aromatic rings. The number of aromatic nitrogens is 1. The molecule has 8 heteroatoms. The molecule has 0 saturated heterocycles. The van der Waals surface area contributed by atoms with Crippen molar-refractivity contribution in [1.29, 1.82) is 0 Å². The topological polar surface area (TPSA) is 72.9 Å². The third kappa shape index (κ3) is 7.20. The zero-order valence-corrected chi connectivity index (χ0v) is 21.1. The monoisotopic (exact) mass is 483 g/mol. The predicted molar refractivity (Wildman–Crippen MR) is 135 cm³/mol. The van der Waals surface area contributed by atoms with Crippen LogP contribution in [-0.2, 0) is 19.5 Å². The molecule has 3 rings (SSSR count). The summed E-state index contributed by atoms with van der Waals surface area (Å²) in [7, 11) is 4.95. The maximum Gasteiger partial charge on any atom is 0.270 e. The van der Waals surface area contributed by atoms with Crippen LogP contribution in [0.1, 0.15) is 40.0 Å². The highest BCUT2D eigenvalue weighted by molar-refractivity contribution is 7.09. The molecule has 1 aromatic heterocycles. The van der Waals surface area contributed by atoms with Crippen LogP contribution >= 0.6 is 11.3 Å². The first-order chi connectivity index (χ1) is 16.6. The second-order valence-corrected chi connectivity index (χ2v) is 8.82. The summed E-state index contributed by atoms with van der Waals surface area (Å²) in [4.78, 5) is 19.2. The molecule has 0 spiro atoms. The lowest BCUT2D eigenvalue weighted by atomic mass is 10.1. The number of hydrogen-bond acceptors (Lipinski definition) is 7. The summed E-state index contributed by atoms with van der Waals surface area (Å²) < 4.78 is 16.1. The first kappa shape index (κ1) is 25.5. The number of methoxy groups -OCH3 is 3. The van der Waals surface area contributed by atoms with Crippen molar-refractivity contribution in [3.05, 3.63) is 69.7 Å². The first-order valence-electron chi connectivity index (χ1n) is 11.3. The fourth-order valence-electron chi connectivity index (χ4n) is 3.53. The van der Waals surface area contributed by atoms with Gasteiger partial charge in [-0.25, -0.2) is 4.98 Å². The van der Waals surface area contributed by atoms with Gasteiger partial charge in [0, 0.05) is 25.0 Å². The van der Waals surface area contributed by atoms with Crippen molar-refractivity contribution in [2.24, 2.45) is 0 Å². The van der Waals surface area contributed by atoms with E-state index in [1.807, 2.05) is 36.6 Å². The van der Waals surface area contributed by atoms with Gasteiger partial charge in [0.2, 0.25) is 0 Å². The molecule has 0 aliphatic carbocycles. The van der Waals surface area contributed by atoms with Crippen molar-refractivity contribution in [1.82, 2.24) is 15.2 Å². The molecule has 34 heavy (non-hydrogen) atoms. The van der Waals surface area contributed by atoms with E-state index in [0.29, 0.717) is 18.8 Å². The molecule has 1 amide bonds. The Labute approximate surface area is 205 Å². The minimum absolute atomic E-state index is 0.114. The van der Waals surface area contributed by atoms with E-state index in [4.69, 9.17) is 14.2 Å². The number of ether oxygens (including phenoxy) is 3. The van der Waals surface area contributed by atoms with Gasteiger partial charge in [-0.2, -0.15) is 0 Å². The van der Waals surface area contributed by atoms with E-state index in [-0.39, 0.29) is 5.91 Å². The van der Waals surface area contributed by atoms with Crippen LogP contribution in [0, 0.1) is 0 Å². The number of thiazole rings is 1. The Morgan fingerprint density at radius 3 is 2.38 bits per heavy atom. The minimum Gasteiger partial charge on any atom is -0.497 e. The summed E-state index contributed by atoms with van der Waals surface area (Å²) in [6.45, 7) is 4.92. The quantitative estimate of drug-likeness (QED) is 0.384. The fourth-order valence-corrected chi connectivity index (χ4v) is 4.35. The Bertz CT molecular complexity index is 1050. The van der Waals surface area contributed by atoms with E-state index in [9.17, 15) is 4.79 Å². The average molecular weight is 484 g/mol. The molecule has 0 atom stereocenters. The molecule has 1 heterocycles. The Hall–Kier alpha value is -3.10. The molecule has 0 aliphatic rings. The number of benzene rings is 2. The maximum absolute atomic E-state index is 12.3. The van der Waals surface area contributed by atoms with E-state index in [2.05, 4.69) is 33.4 Å². The van der Waals surface area contributed by atoms with E-state index in [1.165, 1.54) is 16.9 Å². The van der Waals surface area contributed by atoms with Crippen LogP contribution in [0.5, 0.6) is 17.2 Å². The van der Waals surface area contributed by atoms with Crippen LogP contribution < -0.4 is 19.5 Å². The fraction of sp³-hybridized carbons (Fsp3) is 0.385. The van der Waals surface area contributed by atoms with Crippen molar-refractivity contribution < 1.29 is 19.0 Å². The SMILES string of the molecule is CCCNC(=O)c1csc(CN(CCc2ccc(OC)c(OC)c2)Cc2ccc(OC)cc2)n1. The summed E-state index contributed by atoms with van der Waals surface area (Å²) in [5.74, 6) is 2.17. The van der Waals surface area contributed by atoms with Crippen LogP contribution in [0.25, 0.3) is 0 Å². The predicted octanol–water partition coefficient (Wildman–Crippen LogP) is 4.55. The number of hydrogen-bond donors (Lipinski definition) is 1. The molecule has 0 radical (unpaired) electrons. The number of carbonyl (C=O) groups excluding carboxylic acids is 1. The van der Waals surface area contributed by atoms with E-state index in [1.54, 1.807) is 21.3 Å². The highest BCUT2D eigenvalue weighted by atomic mass is 32.1. The molecule has 0 fully saturated rings. The van der Waals surface area contributed by atoms with Gasteiger partial charge in [0.15, 0.2) is 11.5 Å². The summed E-state index contributed by atoms with van der Waals surface area (Å²) in [5.41, 5.74) is 2.83. The van der Waals surface area contributed by atoms with Gasteiger partial charge in [0.25, 0.3) is 5.91 Å². The maximum atomic E-state index is 12.3. The van der Waals surface area contributed by atoms with Crippen LogP contribution in [0.2, 0.25) is 0 Å². The van der Waals surface area contributed by atoms with Crippen LogP contribution in [0.4, 0.5) is 0 Å². The lowest BCUT2D eigenvalue weighted by Gasteiger charge is -2.22. The third-order valence-electron chi connectivity index (χ3n) is 5.41. The Balaban J connectivity index is 1.72. The molecule has 0 saturated carbocycles. The second-order valence-electron chi connectivity index (χ2n) is 7.88. The Morgan fingerprint density at radius 1 is 0.971 bits per heavy atom. The van der Waals surface area contributed by atoms with Crippen molar-refractivity contribution in [3.63, 3.8) is 0 Å². The van der Waals surface area contributed by atoms with Crippen molar-refractivity contribution >= 4 is 17.2 Å². The number of rotatable bonds is 13. The molecule has 2 aromatic carbocycles. The van der Waals surface area contributed by atoms with E-state index >= 15 is 0 Å². The molecule has 0 unspecified atom stereocenters. The molecular formula is C26H33N3O4S. The van der Waals surface area contributed by atoms with Gasteiger partial charge in [-0.15, -0.1) is 11.3 Å². The number of amides is 1. The normalized spacial score (nSPS) is 10.9. The standard InChI is InChI=1S/C26H33N3O4S/c1-5-13-27-26(30)22-18-34-25(28-22)17-29(16-20-6-9-21(31-2)10-7-20)14-12-19-8-11-23(32-3)24(15-19)33-4/h6-11,15,18H,5,12-14,16-17H2,1-4H3,(H,27,30). The third-order valence-corrected chi connectivity index (χ3v) is 6.24. The molecule has 7 nitrogen and oxygen atoms in total. The molecule has 0 aliphatic heterocycles. The smallest absolute Gasteiger partial charge is 0.270 e. The number of carbonyl (C=O) groups is 1. The van der Waals surface area contributed by atoms with Gasteiger partial charge in [-0.3, -0.25) is 9.69 Å². The van der Waals surface area contributed by atoms with Gasteiger partial charge in [0.1, 0.15) is 16.5 Å². The molecule has 1 N–H and O–H groups in total. The van der Waals surface area contributed by atoms with Gasteiger partial charge in [0.05, 0.1) is 27.9 Å². The zero-order valence-electron chi connectivity index (χ0n) is 20.3. The number of nitrogens with zero attached hydrogens (tertiary/aromatic N) is 2. The lowest BCUT2D eigenvalue weighted by Crippen LogP contribution is -2.26. The van der Waals surface area contributed by atoms with Crippen molar-refractivity contribution in [3.8, 4) is 17.2 Å². The van der Waals surface area contributed by atoms with Crippen LogP contribution in [0.15, 0.2) is 47.8 Å². The molecular weight excluding hydrogens is 450 g/mol. The van der Waals surface area contributed by atoms with Gasteiger partial charge in [-0.05, 0) is 48.2 Å². The Morgan fingerprint density at radius 2 is 1.71 bits per heavy atom. The summed E-state index contributed by atoms with van der Waals surface area (Å²) >= 11 is 1.52. The lowest BCUT2D eigenvalue weighted by molar-refractivity contribution is 0.0949. The van der Waals surface area contributed by atoms with E-state index < -0.39 is 0 Å². The largest absolute Gasteiger partial charge is 0.497 e. The highest BCUT2D eigenvalue weighted by Gasteiger charge is 2.15. The summed E-state index contributed by atoms with van der Waals surface area (Å²) in [6, 6.07) is 14.1. The van der Waals surface area contributed by atoms with Gasteiger partial charge >= 0.3 is 0 Å². The summed E-state index contributed by atoms with van der Waals surface area (Å²) in [6.07, 6.45) is 1.74.